The largest absolute Gasteiger partial charge is 0.444 e. The molecule has 1 unspecified atom stereocenters. The molecule has 0 aromatic rings. The van der Waals surface area contributed by atoms with E-state index in [1.54, 1.807) is 4.90 Å². The number of rotatable bonds is 4. The summed E-state index contributed by atoms with van der Waals surface area (Å²) in [6.45, 7) is 9.58. The highest BCUT2D eigenvalue weighted by atomic mass is 16.6. The molecule has 2 atom stereocenters. The van der Waals surface area contributed by atoms with E-state index in [0.29, 0.717) is 11.8 Å². The molecule has 106 valence electrons. The smallest absolute Gasteiger partial charge is 0.410 e. The number of ether oxygens (including phenoxy) is 1. The molecule has 1 fully saturated rings. The summed E-state index contributed by atoms with van der Waals surface area (Å²) in [6.07, 6.45) is 2.97. The minimum absolute atomic E-state index is 0.194. The Bertz CT molecular complexity index is 273. The monoisotopic (exact) mass is 257 g/mol. The Balaban J connectivity index is 2.30. The Kier molecular flexibility index (Phi) is 5.45. The number of likely N-dealkylation sites (tertiary alicyclic amines) is 1. The Morgan fingerprint density at radius 1 is 1.50 bits per heavy atom. The average Bonchev–Trinajstić information content (AvgIpc) is 2.72. The summed E-state index contributed by atoms with van der Waals surface area (Å²) in [7, 11) is 0. The highest BCUT2D eigenvalue weighted by Crippen LogP contribution is 2.24. The van der Waals surface area contributed by atoms with Crippen LogP contribution in [0.5, 0.6) is 0 Å². The number of hydrogen-bond acceptors (Lipinski definition) is 3. The first-order valence-electron chi connectivity index (χ1n) is 6.90. The molecular weight excluding hydrogens is 230 g/mol. The number of hydrogen-bond donors (Lipinski definition) is 1. The summed E-state index contributed by atoms with van der Waals surface area (Å²) in [6, 6.07) is 0. The molecule has 1 aliphatic rings. The molecular formula is C14H27NO3. The quantitative estimate of drug-likeness (QED) is 0.842. The maximum absolute atomic E-state index is 11.9. The standard InChI is InChI=1S/C14H27NO3/c1-11(10-16)5-6-12-7-8-15(9-12)13(17)18-14(2,3)4/h11-12,16H,5-10H2,1-4H3/t11?,12-/m0/s1. The lowest BCUT2D eigenvalue weighted by molar-refractivity contribution is 0.0287. The third kappa shape index (κ3) is 5.25. The zero-order valence-corrected chi connectivity index (χ0v) is 12.1. The second-order valence-electron chi connectivity index (χ2n) is 6.45. The van der Waals surface area contributed by atoms with Gasteiger partial charge in [-0.3, -0.25) is 0 Å². The summed E-state index contributed by atoms with van der Waals surface area (Å²) in [5, 5.41) is 8.99. The van der Waals surface area contributed by atoms with E-state index in [9.17, 15) is 4.79 Å². The van der Waals surface area contributed by atoms with Crippen molar-refractivity contribution >= 4 is 6.09 Å². The van der Waals surface area contributed by atoms with Crippen molar-refractivity contribution in [3.63, 3.8) is 0 Å². The lowest BCUT2D eigenvalue weighted by Crippen LogP contribution is -2.35. The third-order valence-corrected chi connectivity index (χ3v) is 3.32. The van der Waals surface area contributed by atoms with Crippen molar-refractivity contribution in [3.05, 3.63) is 0 Å². The van der Waals surface area contributed by atoms with Crippen LogP contribution in [-0.2, 0) is 4.74 Å². The van der Waals surface area contributed by atoms with Crippen molar-refractivity contribution in [2.24, 2.45) is 11.8 Å². The predicted octanol–water partition coefficient (Wildman–Crippen LogP) is 2.65. The van der Waals surface area contributed by atoms with E-state index in [1.807, 2.05) is 20.8 Å². The van der Waals surface area contributed by atoms with Crippen LogP contribution < -0.4 is 0 Å². The average molecular weight is 257 g/mol. The second kappa shape index (κ2) is 6.41. The Morgan fingerprint density at radius 3 is 2.72 bits per heavy atom. The zero-order chi connectivity index (χ0) is 13.8. The van der Waals surface area contributed by atoms with Crippen molar-refractivity contribution in [2.75, 3.05) is 19.7 Å². The van der Waals surface area contributed by atoms with Gasteiger partial charge in [0.15, 0.2) is 0 Å². The van der Waals surface area contributed by atoms with Crippen LogP contribution in [0.1, 0.15) is 47.0 Å². The lowest BCUT2D eigenvalue weighted by atomic mass is 9.97. The van der Waals surface area contributed by atoms with Gasteiger partial charge in [0, 0.05) is 19.7 Å². The van der Waals surface area contributed by atoms with Crippen molar-refractivity contribution in [3.8, 4) is 0 Å². The number of aliphatic hydroxyl groups excluding tert-OH is 1. The van der Waals surface area contributed by atoms with Gasteiger partial charge in [0.2, 0.25) is 0 Å². The zero-order valence-electron chi connectivity index (χ0n) is 12.1. The molecule has 1 aliphatic heterocycles. The maximum atomic E-state index is 11.9. The molecule has 1 heterocycles. The van der Waals surface area contributed by atoms with Gasteiger partial charge in [-0.1, -0.05) is 6.92 Å². The summed E-state index contributed by atoms with van der Waals surface area (Å²) in [5.74, 6) is 0.923. The fourth-order valence-electron chi connectivity index (χ4n) is 2.17. The van der Waals surface area contributed by atoms with Gasteiger partial charge in [0.05, 0.1) is 0 Å². The number of carbonyl (C=O) groups excluding carboxylic acids is 1. The highest BCUT2D eigenvalue weighted by molar-refractivity contribution is 5.68. The van der Waals surface area contributed by atoms with E-state index in [1.165, 1.54) is 0 Å². The van der Waals surface area contributed by atoms with Gasteiger partial charge in [-0.15, -0.1) is 0 Å². The fourth-order valence-corrected chi connectivity index (χ4v) is 2.17. The normalized spacial score (nSPS) is 22.1. The first-order chi connectivity index (χ1) is 8.31. The van der Waals surface area contributed by atoms with E-state index in [4.69, 9.17) is 9.84 Å². The molecule has 4 heteroatoms. The highest BCUT2D eigenvalue weighted by Gasteiger charge is 2.29. The van der Waals surface area contributed by atoms with Gasteiger partial charge in [-0.2, -0.15) is 0 Å². The minimum atomic E-state index is -0.416. The molecule has 0 spiro atoms. The molecule has 4 nitrogen and oxygen atoms in total. The second-order valence-corrected chi connectivity index (χ2v) is 6.45. The first-order valence-corrected chi connectivity index (χ1v) is 6.90. The lowest BCUT2D eigenvalue weighted by Gasteiger charge is -2.24. The van der Waals surface area contributed by atoms with Crippen LogP contribution in [0.3, 0.4) is 0 Å². The van der Waals surface area contributed by atoms with Gasteiger partial charge in [-0.05, 0) is 51.9 Å². The van der Waals surface area contributed by atoms with Gasteiger partial charge in [0.1, 0.15) is 5.60 Å². The van der Waals surface area contributed by atoms with Gasteiger partial charge >= 0.3 is 6.09 Å². The van der Waals surface area contributed by atoms with Crippen molar-refractivity contribution in [2.45, 2.75) is 52.6 Å². The molecule has 1 rings (SSSR count). The number of carbonyl (C=O) groups is 1. The van der Waals surface area contributed by atoms with E-state index >= 15 is 0 Å². The summed E-state index contributed by atoms with van der Waals surface area (Å²) in [5.41, 5.74) is -0.416. The van der Waals surface area contributed by atoms with Crippen LogP contribution in [0.15, 0.2) is 0 Å². The predicted molar refractivity (Wildman–Crippen MR) is 71.4 cm³/mol. The Labute approximate surface area is 110 Å². The molecule has 0 aliphatic carbocycles. The van der Waals surface area contributed by atoms with E-state index < -0.39 is 5.60 Å². The number of aliphatic hydroxyl groups is 1. The van der Waals surface area contributed by atoms with Gasteiger partial charge in [-0.25, -0.2) is 4.79 Å². The van der Waals surface area contributed by atoms with Crippen LogP contribution in [0, 0.1) is 11.8 Å². The number of nitrogens with zero attached hydrogens (tertiary/aromatic N) is 1. The van der Waals surface area contributed by atoms with Crippen molar-refractivity contribution in [1.29, 1.82) is 0 Å². The molecule has 1 N–H and O–H groups in total. The van der Waals surface area contributed by atoms with Gasteiger partial charge < -0.3 is 14.7 Å². The minimum Gasteiger partial charge on any atom is -0.444 e. The van der Waals surface area contributed by atoms with Crippen LogP contribution >= 0.6 is 0 Å². The molecule has 0 aromatic carbocycles. The first kappa shape index (κ1) is 15.3. The molecule has 0 aromatic heterocycles. The van der Waals surface area contributed by atoms with E-state index in [2.05, 4.69) is 6.92 Å². The van der Waals surface area contributed by atoms with Gasteiger partial charge in [0.25, 0.3) is 0 Å². The van der Waals surface area contributed by atoms with Crippen molar-refractivity contribution in [1.82, 2.24) is 4.90 Å². The van der Waals surface area contributed by atoms with Crippen LogP contribution in [0.25, 0.3) is 0 Å². The Morgan fingerprint density at radius 2 is 2.17 bits per heavy atom. The summed E-state index contributed by atoms with van der Waals surface area (Å²) >= 11 is 0. The fraction of sp³-hybridized carbons (Fsp3) is 0.929. The molecule has 1 saturated heterocycles. The van der Waals surface area contributed by atoms with Crippen LogP contribution in [0.4, 0.5) is 4.79 Å². The summed E-state index contributed by atoms with van der Waals surface area (Å²) in [4.78, 5) is 13.7. The third-order valence-electron chi connectivity index (χ3n) is 3.32. The molecule has 18 heavy (non-hydrogen) atoms. The summed E-state index contributed by atoms with van der Waals surface area (Å²) < 4.78 is 5.36. The molecule has 0 bridgehead atoms. The Hall–Kier alpha value is -0.770. The number of amides is 1. The molecule has 0 saturated carbocycles. The van der Waals surface area contributed by atoms with Crippen LogP contribution in [0.2, 0.25) is 0 Å². The topological polar surface area (TPSA) is 49.8 Å². The maximum Gasteiger partial charge on any atom is 0.410 e. The SMILES string of the molecule is CC(CO)CC[C@H]1CCN(C(=O)OC(C)(C)C)C1. The molecule has 0 radical (unpaired) electrons. The van der Waals surface area contributed by atoms with E-state index in [-0.39, 0.29) is 12.7 Å². The van der Waals surface area contributed by atoms with E-state index in [0.717, 1.165) is 32.4 Å². The van der Waals surface area contributed by atoms with Crippen LogP contribution in [-0.4, -0.2) is 41.4 Å². The van der Waals surface area contributed by atoms with Crippen molar-refractivity contribution < 1.29 is 14.6 Å². The molecule has 1 amide bonds.